The second-order valence-electron chi connectivity index (χ2n) is 6.27. The zero-order chi connectivity index (χ0) is 21.2. The molecule has 2 rings (SSSR count). The summed E-state index contributed by atoms with van der Waals surface area (Å²) in [6.45, 7) is 2.74. The van der Waals surface area contributed by atoms with E-state index in [9.17, 15) is 14.3 Å². The van der Waals surface area contributed by atoms with Crippen molar-refractivity contribution in [2.75, 3.05) is 18.6 Å². The molecule has 5 nitrogen and oxygen atoms in total. The summed E-state index contributed by atoms with van der Waals surface area (Å²) >= 11 is 5.10. The van der Waals surface area contributed by atoms with E-state index in [2.05, 4.69) is 21.2 Å². The number of ether oxygens (including phenoxy) is 2. The molecule has 0 bridgehead atoms. The fourth-order valence-electron chi connectivity index (χ4n) is 2.68. The van der Waals surface area contributed by atoms with Gasteiger partial charge in [-0.2, -0.15) is 11.8 Å². The second kappa shape index (κ2) is 12.0. The molecule has 2 aromatic carbocycles. The van der Waals surface area contributed by atoms with Crippen molar-refractivity contribution in [2.24, 2.45) is 0 Å². The SMILES string of the molecule is CCOc1cc(CNC(CCSC)C(=O)O)cc(Br)c1OCc1ccccc1F. The number of benzene rings is 2. The second-order valence-corrected chi connectivity index (χ2v) is 8.11. The third kappa shape index (κ3) is 7.21. The van der Waals surface area contributed by atoms with Crippen LogP contribution in [0.3, 0.4) is 0 Å². The van der Waals surface area contributed by atoms with Crippen molar-refractivity contribution in [1.82, 2.24) is 5.32 Å². The lowest BCUT2D eigenvalue weighted by Crippen LogP contribution is -2.36. The Morgan fingerprint density at radius 1 is 1.31 bits per heavy atom. The predicted molar refractivity (Wildman–Crippen MR) is 117 cm³/mol. The van der Waals surface area contributed by atoms with Crippen molar-refractivity contribution in [3.8, 4) is 11.5 Å². The normalized spacial score (nSPS) is 11.9. The number of aliphatic carboxylic acids is 1. The Kier molecular flexibility index (Phi) is 9.76. The van der Waals surface area contributed by atoms with Gasteiger partial charge in [-0.1, -0.05) is 18.2 Å². The molecule has 1 unspecified atom stereocenters. The Hall–Kier alpha value is -1.77. The molecular formula is C21H25BrFNO4S. The van der Waals surface area contributed by atoms with E-state index in [1.54, 1.807) is 30.0 Å². The number of nitrogens with one attached hydrogen (secondary N) is 1. The highest BCUT2D eigenvalue weighted by Gasteiger charge is 2.18. The van der Waals surface area contributed by atoms with E-state index >= 15 is 0 Å². The molecular weight excluding hydrogens is 461 g/mol. The van der Waals surface area contributed by atoms with Gasteiger partial charge in [0, 0.05) is 12.1 Å². The summed E-state index contributed by atoms with van der Waals surface area (Å²) in [6.07, 6.45) is 2.49. The molecule has 0 aliphatic carbocycles. The topological polar surface area (TPSA) is 67.8 Å². The standard InChI is InChI=1S/C21H25BrFNO4S/c1-3-27-19-11-14(12-24-18(21(25)26)8-9-29-2)10-16(22)20(19)28-13-15-6-4-5-7-17(15)23/h4-7,10-11,18,24H,3,8-9,12-13H2,1-2H3,(H,25,26). The van der Waals surface area contributed by atoms with Crippen LogP contribution in [-0.4, -0.2) is 35.7 Å². The quantitative estimate of drug-likeness (QED) is 0.447. The van der Waals surface area contributed by atoms with Crippen LogP contribution in [-0.2, 0) is 17.9 Å². The molecule has 0 radical (unpaired) electrons. The zero-order valence-corrected chi connectivity index (χ0v) is 18.8. The number of carbonyl (C=O) groups is 1. The molecule has 8 heteroatoms. The maximum Gasteiger partial charge on any atom is 0.320 e. The molecule has 2 aromatic rings. The van der Waals surface area contributed by atoms with Gasteiger partial charge in [0.05, 0.1) is 11.1 Å². The van der Waals surface area contributed by atoms with Crippen LogP contribution in [0.15, 0.2) is 40.9 Å². The number of rotatable bonds is 12. The summed E-state index contributed by atoms with van der Waals surface area (Å²) in [4.78, 5) is 11.4. The third-order valence-corrected chi connectivity index (χ3v) is 5.39. The summed E-state index contributed by atoms with van der Waals surface area (Å²) in [6, 6.07) is 9.49. The van der Waals surface area contributed by atoms with Crippen LogP contribution in [0.25, 0.3) is 0 Å². The van der Waals surface area contributed by atoms with Gasteiger partial charge in [0.25, 0.3) is 0 Å². The van der Waals surface area contributed by atoms with E-state index in [4.69, 9.17) is 9.47 Å². The van der Waals surface area contributed by atoms with E-state index in [0.29, 0.717) is 41.1 Å². The lowest BCUT2D eigenvalue weighted by Gasteiger charge is -2.18. The van der Waals surface area contributed by atoms with E-state index in [0.717, 1.165) is 11.3 Å². The number of carboxylic acid groups (broad SMARTS) is 1. The van der Waals surface area contributed by atoms with E-state index in [-0.39, 0.29) is 12.4 Å². The van der Waals surface area contributed by atoms with Gasteiger partial charge in [0.1, 0.15) is 18.5 Å². The fraction of sp³-hybridized carbons (Fsp3) is 0.381. The Bertz CT molecular complexity index is 821. The molecule has 0 fully saturated rings. The van der Waals surface area contributed by atoms with Crippen LogP contribution in [0, 0.1) is 5.82 Å². The highest BCUT2D eigenvalue weighted by Crippen LogP contribution is 2.37. The molecule has 0 heterocycles. The van der Waals surface area contributed by atoms with Crippen LogP contribution in [0.2, 0.25) is 0 Å². The zero-order valence-electron chi connectivity index (χ0n) is 16.4. The van der Waals surface area contributed by atoms with Gasteiger partial charge in [-0.05, 0) is 65.0 Å². The molecule has 0 aliphatic rings. The number of thioether (sulfide) groups is 1. The van der Waals surface area contributed by atoms with Gasteiger partial charge in [-0.3, -0.25) is 4.79 Å². The first kappa shape index (κ1) is 23.5. The van der Waals surface area contributed by atoms with Crippen LogP contribution in [0.1, 0.15) is 24.5 Å². The molecule has 0 saturated carbocycles. The molecule has 29 heavy (non-hydrogen) atoms. The van der Waals surface area contributed by atoms with Crippen molar-refractivity contribution in [3.63, 3.8) is 0 Å². The number of hydrogen-bond donors (Lipinski definition) is 2. The average Bonchev–Trinajstić information content (AvgIpc) is 2.68. The largest absolute Gasteiger partial charge is 0.490 e. The van der Waals surface area contributed by atoms with Gasteiger partial charge in [0.15, 0.2) is 11.5 Å². The molecule has 0 amide bonds. The van der Waals surface area contributed by atoms with Gasteiger partial charge in [-0.15, -0.1) is 0 Å². The van der Waals surface area contributed by atoms with Gasteiger partial charge in [-0.25, -0.2) is 4.39 Å². The number of carboxylic acids is 1. The van der Waals surface area contributed by atoms with Crippen molar-refractivity contribution in [2.45, 2.75) is 32.5 Å². The summed E-state index contributed by atoms with van der Waals surface area (Å²) < 4.78 is 26.0. The highest BCUT2D eigenvalue weighted by molar-refractivity contribution is 9.10. The van der Waals surface area contributed by atoms with Gasteiger partial charge >= 0.3 is 5.97 Å². The molecule has 0 saturated heterocycles. The Labute approximate surface area is 183 Å². The van der Waals surface area contributed by atoms with Crippen molar-refractivity contribution >= 4 is 33.7 Å². The summed E-state index contributed by atoms with van der Waals surface area (Å²) in [5.74, 6) is 0.572. The van der Waals surface area contributed by atoms with Gasteiger partial charge < -0.3 is 19.9 Å². The highest BCUT2D eigenvalue weighted by atomic mass is 79.9. The molecule has 2 N–H and O–H groups in total. The average molecular weight is 486 g/mol. The minimum absolute atomic E-state index is 0.0682. The first-order valence-electron chi connectivity index (χ1n) is 9.22. The van der Waals surface area contributed by atoms with E-state index in [1.165, 1.54) is 6.07 Å². The van der Waals surface area contributed by atoms with Crippen molar-refractivity contribution < 1.29 is 23.8 Å². The summed E-state index contributed by atoms with van der Waals surface area (Å²) in [7, 11) is 0. The minimum Gasteiger partial charge on any atom is -0.490 e. The molecule has 0 aliphatic heterocycles. The van der Waals surface area contributed by atoms with Crippen LogP contribution < -0.4 is 14.8 Å². The number of halogens is 2. The van der Waals surface area contributed by atoms with Crippen LogP contribution in [0.4, 0.5) is 4.39 Å². The van der Waals surface area contributed by atoms with Crippen LogP contribution >= 0.6 is 27.7 Å². The van der Waals surface area contributed by atoms with E-state index in [1.807, 2.05) is 25.3 Å². The Morgan fingerprint density at radius 2 is 2.07 bits per heavy atom. The monoisotopic (exact) mass is 485 g/mol. The lowest BCUT2D eigenvalue weighted by atomic mass is 10.1. The maximum atomic E-state index is 13.9. The van der Waals surface area contributed by atoms with Crippen molar-refractivity contribution in [3.05, 3.63) is 57.8 Å². The molecule has 158 valence electrons. The molecule has 0 spiro atoms. The number of hydrogen-bond acceptors (Lipinski definition) is 5. The molecule has 0 aromatic heterocycles. The van der Waals surface area contributed by atoms with Crippen molar-refractivity contribution in [1.29, 1.82) is 0 Å². The van der Waals surface area contributed by atoms with Crippen LogP contribution in [0.5, 0.6) is 11.5 Å². The first-order chi connectivity index (χ1) is 14.0. The third-order valence-electron chi connectivity index (χ3n) is 4.16. The van der Waals surface area contributed by atoms with E-state index < -0.39 is 12.0 Å². The Morgan fingerprint density at radius 3 is 2.72 bits per heavy atom. The summed E-state index contributed by atoms with van der Waals surface area (Å²) in [5.41, 5.74) is 1.31. The van der Waals surface area contributed by atoms with Gasteiger partial charge in [0.2, 0.25) is 0 Å². The summed E-state index contributed by atoms with van der Waals surface area (Å²) in [5, 5.41) is 12.4. The fourth-order valence-corrected chi connectivity index (χ4v) is 3.76. The molecule has 1 atom stereocenters. The first-order valence-corrected chi connectivity index (χ1v) is 11.4. The lowest BCUT2D eigenvalue weighted by molar-refractivity contribution is -0.139. The smallest absolute Gasteiger partial charge is 0.320 e. The minimum atomic E-state index is -0.868. The maximum absolute atomic E-state index is 13.9. The predicted octanol–water partition coefficient (Wildman–Crippen LogP) is 4.86. The Balaban J connectivity index is 2.14.